The summed E-state index contributed by atoms with van der Waals surface area (Å²) in [5.74, 6) is 0.922. The Morgan fingerprint density at radius 3 is 2.57 bits per heavy atom. The molecule has 0 bridgehead atoms. The zero-order valence-corrected chi connectivity index (χ0v) is 13.5. The number of hydrogen-bond acceptors (Lipinski definition) is 4. The van der Waals surface area contributed by atoms with E-state index in [1.54, 1.807) is 6.92 Å². The number of hydroxylamine groups is 1. The molecule has 1 saturated heterocycles. The van der Waals surface area contributed by atoms with Gasteiger partial charge in [-0.2, -0.15) is 0 Å². The molecule has 1 N–H and O–H groups in total. The predicted octanol–water partition coefficient (Wildman–Crippen LogP) is 2.71. The highest BCUT2D eigenvalue weighted by Gasteiger charge is 2.50. The largest absolute Gasteiger partial charge is 0.642 e. The molecule has 1 amide bonds. The van der Waals surface area contributed by atoms with Gasteiger partial charge in [-0.15, -0.1) is 4.52 Å². The quantitative estimate of drug-likeness (QED) is 0.574. The highest BCUT2D eigenvalue weighted by Crippen LogP contribution is 2.46. The number of rotatable bonds is 7. The molecule has 2 fully saturated rings. The van der Waals surface area contributed by atoms with E-state index in [0.29, 0.717) is 38.1 Å². The van der Waals surface area contributed by atoms with Crippen LogP contribution in [0.4, 0.5) is 4.79 Å². The average Bonchev–Trinajstić information content (AvgIpc) is 3.28. The van der Waals surface area contributed by atoms with E-state index in [1.807, 2.05) is 6.92 Å². The van der Waals surface area contributed by atoms with Crippen molar-refractivity contribution in [3.8, 4) is 0 Å². The van der Waals surface area contributed by atoms with Crippen LogP contribution in [0.15, 0.2) is 0 Å². The van der Waals surface area contributed by atoms with Crippen molar-refractivity contribution in [1.29, 1.82) is 0 Å². The fourth-order valence-corrected chi connectivity index (χ4v) is 4.03. The van der Waals surface area contributed by atoms with Crippen LogP contribution in [0, 0.1) is 11.8 Å². The molecule has 1 unspecified atom stereocenters. The van der Waals surface area contributed by atoms with Crippen LogP contribution in [0.25, 0.3) is 0 Å². The van der Waals surface area contributed by atoms with Gasteiger partial charge in [-0.05, 0) is 49.5 Å². The monoisotopic (exact) mass is 319 g/mol. The Hall–Kier alpha value is -0.750. The normalized spacial score (nSPS) is 27.0. The molecule has 1 heterocycles. The van der Waals surface area contributed by atoms with Crippen LogP contribution in [0.5, 0.6) is 0 Å². The average molecular weight is 319 g/mol. The molecule has 3 atom stereocenters. The molecule has 1 aliphatic carbocycles. The van der Waals surface area contributed by atoms with E-state index in [2.05, 4.69) is 0 Å². The first-order chi connectivity index (χ1) is 10.1. The second kappa shape index (κ2) is 7.49. The lowest BCUT2D eigenvalue weighted by Gasteiger charge is -2.37. The minimum atomic E-state index is -2.09. The second-order valence-electron chi connectivity index (χ2n) is 5.46. The third kappa shape index (κ3) is 4.13. The van der Waals surface area contributed by atoms with E-state index in [4.69, 9.17) is 9.36 Å². The Balaban J connectivity index is 2.14. The van der Waals surface area contributed by atoms with Crippen LogP contribution in [0.2, 0.25) is 0 Å². The van der Waals surface area contributed by atoms with Crippen molar-refractivity contribution in [2.24, 2.45) is 11.8 Å². The number of carbonyl (C=O) groups is 1. The van der Waals surface area contributed by atoms with Crippen LogP contribution in [-0.4, -0.2) is 53.3 Å². The first-order valence-corrected chi connectivity index (χ1v) is 8.71. The van der Waals surface area contributed by atoms with E-state index < -0.39 is 14.3 Å². The molecule has 2 aliphatic rings. The molecular weight excluding hydrogens is 295 g/mol. The van der Waals surface area contributed by atoms with Crippen LogP contribution in [-0.2, 0) is 13.9 Å². The van der Waals surface area contributed by atoms with Crippen molar-refractivity contribution in [3.05, 3.63) is 0 Å². The number of piperidine rings is 1. The van der Waals surface area contributed by atoms with Gasteiger partial charge in [0.05, 0.1) is 11.4 Å². The molecule has 1 aliphatic heterocycles. The standard InChI is InChI=1S/C13H23N2O5P/c1-3-19-15(21(18)20-4-2)12-9-14(13(16)17)8-7-11(12)10-5-6-10/h10-12H,3-9H2,1-2H3/p+1/t11-,12+/m1/s1. The van der Waals surface area contributed by atoms with E-state index in [-0.39, 0.29) is 6.04 Å². The Kier molecular flexibility index (Phi) is 5.93. The van der Waals surface area contributed by atoms with Crippen molar-refractivity contribution in [2.75, 3.05) is 26.3 Å². The zero-order chi connectivity index (χ0) is 15.4. The fraction of sp³-hybridized carbons (Fsp3) is 0.923. The summed E-state index contributed by atoms with van der Waals surface area (Å²) in [6, 6.07) is -0.197. The lowest BCUT2D eigenvalue weighted by Crippen LogP contribution is -2.52. The number of carboxylic acid groups (broad SMARTS) is 1. The summed E-state index contributed by atoms with van der Waals surface area (Å²) in [4.78, 5) is 19.6. The van der Waals surface area contributed by atoms with Gasteiger partial charge in [0.15, 0.2) is 0 Å². The van der Waals surface area contributed by atoms with Gasteiger partial charge in [-0.3, -0.25) is 4.84 Å². The smallest absolute Gasteiger partial charge is 0.465 e. The Labute approximate surface area is 126 Å². The molecule has 0 aromatic carbocycles. The highest BCUT2D eigenvalue weighted by atomic mass is 31.1. The molecule has 0 radical (unpaired) electrons. The van der Waals surface area contributed by atoms with Crippen molar-refractivity contribution < 1.29 is 23.8 Å². The molecular formula is C13H24N2O5P+. The molecule has 120 valence electrons. The summed E-state index contributed by atoms with van der Waals surface area (Å²) >= 11 is 0. The molecule has 0 aromatic heterocycles. The van der Waals surface area contributed by atoms with Gasteiger partial charge in [0.2, 0.25) is 0 Å². The summed E-state index contributed by atoms with van der Waals surface area (Å²) in [6.07, 6.45) is 2.19. The molecule has 8 heteroatoms. The van der Waals surface area contributed by atoms with Crippen molar-refractivity contribution in [1.82, 2.24) is 9.73 Å². The number of amides is 1. The zero-order valence-electron chi connectivity index (χ0n) is 12.6. The maximum absolute atomic E-state index is 12.3. The molecule has 21 heavy (non-hydrogen) atoms. The lowest BCUT2D eigenvalue weighted by atomic mass is 9.88. The van der Waals surface area contributed by atoms with Gasteiger partial charge in [-0.1, -0.05) is 0 Å². The van der Waals surface area contributed by atoms with E-state index in [1.165, 1.54) is 22.6 Å². The third-order valence-corrected chi connectivity index (χ3v) is 5.29. The summed E-state index contributed by atoms with van der Waals surface area (Å²) < 4.78 is 17.5. The van der Waals surface area contributed by atoms with Crippen LogP contribution >= 0.6 is 8.18 Å². The first-order valence-electron chi connectivity index (χ1n) is 7.58. The van der Waals surface area contributed by atoms with Crippen molar-refractivity contribution >= 4 is 14.3 Å². The molecule has 7 nitrogen and oxygen atoms in total. The molecule has 1 saturated carbocycles. The predicted molar refractivity (Wildman–Crippen MR) is 76.9 cm³/mol. The van der Waals surface area contributed by atoms with Gasteiger partial charge in [0, 0.05) is 13.1 Å². The van der Waals surface area contributed by atoms with Gasteiger partial charge in [0.1, 0.15) is 12.6 Å². The minimum Gasteiger partial charge on any atom is -0.465 e. The fourth-order valence-electron chi connectivity index (χ4n) is 2.99. The van der Waals surface area contributed by atoms with E-state index in [0.717, 1.165) is 6.42 Å². The second-order valence-corrected chi connectivity index (χ2v) is 6.59. The molecule has 2 rings (SSSR count). The van der Waals surface area contributed by atoms with Gasteiger partial charge in [0.25, 0.3) is 0 Å². The summed E-state index contributed by atoms with van der Waals surface area (Å²) in [5, 5.41) is 9.21. The van der Waals surface area contributed by atoms with Crippen molar-refractivity contribution in [2.45, 2.75) is 39.2 Å². The first kappa shape index (κ1) is 16.6. The summed E-state index contributed by atoms with van der Waals surface area (Å²) in [7, 11) is -2.09. The van der Waals surface area contributed by atoms with Crippen molar-refractivity contribution in [3.63, 3.8) is 0 Å². The van der Waals surface area contributed by atoms with Gasteiger partial charge >= 0.3 is 14.3 Å². The number of likely N-dealkylation sites (tertiary alicyclic amines) is 1. The highest BCUT2D eigenvalue weighted by molar-refractivity contribution is 7.36. The van der Waals surface area contributed by atoms with Gasteiger partial charge < -0.3 is 10.0 Å². The number of nitrogens with zero attached hydrogens (tertiary/aromatic N) is 2. The maximum atomic E-state index is 12.3. The number of hydrogen-bond donors (Lipinski definition) is 1. The van der Waals surface area contributed by atoms with E-state index in [9.17, 15) is 14.5 Å². The molecule has 0 spiro atoms. The Morgan fingerprint density at radius 2 is 2.05 bits per heavy atom. The minimum absolute atomic E-state index is 0.197. The van der Waals surface area contributed by atoms with E-state index >= 15 is 0 Å². The third-order valence-electron chi connectivity index (χ3n) is 4.08. The van der Waals surface area contributed by atoms with Gasteiger partial charge in [-0.25, -0.2) is 4.79 Å². The van der Waals surface area contributed by atoms with Crippen LogP contribution in [0.3, 0.4) is 0 Å². The summed E-state index contributed by atoms with van der Waals surface area (Å²) in [5.41, 5.74) is 0. The Morgan fingerprint density at radius 1 is 1.33 bits per heavy atom. The topological polar surface area (TPSA) is 79.3 Å². The lowest BCUT2D eigenvalue weighted by molar-refractivity contribution is -0.141. The van der Waals surface area contributed by atoms with Crippen LogP contribution in [0.1, 0.15) is 33.1 Å². The maximum Gasteiger partial charge on any atom is 0.642 e. The Bertz CT molecular complexity index is 391. The van der Waals surface area contributed by atoms with Crippen LogP contribution < -0.4 is 0 Å². The molecule has 0 aromatic rings. The SMILES string of the molecule is CCON([C@H]1CN(C(=O)O)CC[C@@H]1C1CC1)[P+](=O)OCC. The summed E-state index contributed by atoms with van der Waals surface area (Å²) in [6.45, 7) is 5.19.